The molecule has 0 unspecified atom stereocenters. The number of hydrogen-bond donors (Lipinski definition) is 1. The standard InChI is InChI=1S/C7H14O/c1-5-7(3,4)6(2)8/h5-6,8H,1H2,2-4H3/t6-/m0/s1. The van der Waals surface area contributed by atoms with E-state index in [0.717, 1.165) is 0 Å². The van der Waals surface area contributed by atoms with E-state index in [-0.39, 0.29) is 11.5 Å². The second-order valence-corrected chi connectivity index (χ2v) is 2.70. The zero-order valence-corrected chi connectivity index (χ0v) is 5.81. The van der Waals surface area contributed by atoms with E-state index in [9.17, 15) is 0 Å². The quantitative estimate of drug-likeness (QED) is 0.540. The topological polar surface area (TPSA) is 20.2 Å². The van der Waals surface area contributed by atoms with Crippen molar-refractivity contribution in [3.05, 3.63) is 12.7 Å². The van der Waals surface area contributed by atoms with Gasteiger partial charge in [0.15, 0.2) is 0 Å². The van der Waals surface area contributed by atoms with E-state index in [1.165, 1.54) is 0 Å². The lowest BCUT2D eigenvalue weighted by atomic mass is 9.88. The summed E-state index contributed by atoms with van der Waals surface area (Å²) in [5.41, 5.74) is -0.139. The third kappa shape index (κ3) is 1.66. The van der Waals surface area contributed by atoms with E-state index in [1.807, 2.05) is 13.8 Å². The maximum Gasteiger partial charge on any atom is 0.0597 e. The summed E-state index contributed by atoms with van der Waals surface area (Å²) < 4.78 is 0. The van der Waals surface area contributed by atoms with Gasteiger partial charge in [-0.05, 0) is 6.92 Å². The molecule has 1 atom stereocenters. The smallest absolute Gasteiger partial charge is 0.0597 e. The lowest BCUT2D eigenvalue weighted by Gasteiger charge is -2.22. The largest absolute Gasteiger partial charge is 0.393 e. The van der Waals surface area contributed by atoms with Crippen molar-refractivity contribution in [3.63, 3.8) is 0 Å². The van der Waals surface area contributed by atoms with Crippen LogP contribution >= 0.6 is 0 Å². The number of aliphatic hydroxyl groups excluding tert-OH is 1. The average molecular weight is 114 g/mol. The highest BCUT2D eigenvalue weighted by atomic mass is 16.3. The fraction of sp³-hybridized carbons (Fsp3) is 0.714. The third-order valence-corrected chi connectivity index (χ3v) is 1.60. The lowest BCUT2D eigenvalue weighted by molar-refractivity contribution is 0.0999. The van der Waals surface area contributed by atoms with Gasteiger partial charge in [-0.25, -0.2) is 0 Å². The minimum atomic E-state index is -0.306. The highest BCUT2D eigenvalue weighted by Gasteiger charge is 2.18. The predicted molar refractivity (Wildman–Crippen MR) is 35.7 cm³/mol. The molecule has 0 aliphatic rings. The highest BCUT2D eigenvalue weighted by molar-refractivity contribution is 4.90. The van der Waals surface area contributed by atoms with E-state index in [4.69, 9.17) is 5.11 Å². The second kappa shape index (κ2) is 2.31. The molecule has 0 heterocycles. The van der Waals surface area contributed by atoms with Crippen molar-refractivity contribution >= 4 is 0 Å². The summed E-state index contributed by atoms with van der Waals surface area (Å²) in [6.45, 7) is 9.26. The van der Waals surface area contributed by atoms with Gasteiger partial charge in [-0.3, -0.25) is 0 Å². The molecule has 0 spiro atoms. The van der Waals surface area contributed by atoms with Crippen LogP contribution in [-0.2, 0) is 0 Å². The highest BCUT2D eigenvalue weighted by Crippen LogP contribution is 2.20. The molecule has 0 aromatic heterocycles. The maximum atomic E-state index is 9.01. The van der Waals surface area contributed by atoms with Gasteiger partial charge in [-0.1, -0.05) is 19.9 Å². The summed E-state index contributed by atoms with van der Waals surface area (Å²) in [5, 5.41) is 9.01. The van der Waals surface area contributed by atoms with Gasteiger partial charge in [0.25, 0.3) is 0 Å². The molecule has 1 nitrogen and oxygen atoms in total. The van der Waals surface area contributed by atoms with Crippen molar-refractivity contribution in [2.75, 3.05) is 0 Å². The van der Waals surface area contributed by atoms with E-state index in [2.05, 4.69) is 6.58 Å². The molecule has 8 heavy (non-hydrogen) atoms. The molecule has 0 aliphatic carbocycles. The molecule has 0 amide bonds. The Kier molecular flexibility index (Phi) is 2.23. The number of hydrogen-bond acceptors (Lipinski definition) is 1. The van der Waals surface area contributed by atoms with Crippen LogP contribution in [0.3, 0.4) is 0 Å². The van der Waals surface area contributed by atoms with Crippen LogP contribution in [0.5, 0.6) is 0 Å². The Labute approximate surface area is 51.0 Å². The molecule has 0 saturated heterocycles. The zero-order chi connectivity index (χ0) is 6.78. The van der Waals surface area contributed by atoms with Gasteiger partial charge in [-0.2, -0.15) is 0 Å². The molecule has 0 fully saturated rings. The molecule has 1 N–H and O–H groups in total. The summed E-state index contributed by atoms with van der Waals surface area (Å²) in [6, 6.07) is 0. The van der Waals surface area contributed by atoms with Crippen molar-refractivity contribution in [3.8, 4) is 0 Å². The molecular weight excluding hydrogens is 100 g/mol. The van der Waals surface area contributed by atoms with Crippen molar-refractivity contribution in [1.82, 2.24) is 0 Å². The normalized spacial score (nSPS) is 15.5. The summed E-state index contributed by atoms with van der Waals surface area (Å²) in [7, 11) is 0. The van der Waals surface area contributed by atoms with Crippen LogP contribution in [0.25, 0.3) is 0 Å². The van der Waals surface area contributed by atoms with Crippen LogP contribution < -0.4 is 0 Å². The van der Waals surface area contributed by atoms with E-state index < -0.39 is 0 Å². The zero-order valence-electron chi connectivity index (χ0n) is 5.81. The maximum absolute atomic E-state index is 9.01. The molecule has 0 bridgehead atoms. The molecule has 1 heteroatoms. The Morgan fingerprint density at radius 3 is 2.00 bits per heavy atom. The van der Waals surface area contributed by atoms with Gasteiger partial charge in [0, 0.05) is 5.41 Å². The first-order valence-electron chi connectivity index (χ1n) is 2.82. The van der Waals surface area contributed by atoms with Gasteiger partial charge in [0.2, 0.25) is 0 Å². The van der Waals surface area contributed by atoms with Crippen LogP contribution in [0.4, 0.5) is 0 Å². The van der Waals surface area contributed by atoms with Crippen molar-refractivity contribution in [2.24, 2.45) is 5.41 Å². The van der Waals surface area contributed by atoms with Crippen LogP contribution in [0.15, 0.2) is 12.7 Å². The van der Waals surface area contributed by atoms with Crippen LogP contribution in [0, 0.1) is 5.41 Å². The van der Waals surface area contributed by atoms with Crippen LogP contribution in [0.1, 0.15) is 20.8 Å². The van der Waals surface area contributed by atoms with Crippen molar-refractivity contribution in [2.45, 2.75) is 26.9 Å². The van der Waals surface area contributed by atoms with Gasteiger partial charge in [-0.15, -0.1) is 6.58 Å². The van der Waals surface area contributed by atoms with Crippen molar-refractivity contribution in [1.29, 1.82) is 0 Å². The predicted octanol–water partition coefficient (Wildman–Crippen LogP) is 1.58. The summed E-state index contributed by atoms with van der Waals surface area (Å²) in [6.07, 6.45) is 1.46. The summed E-state index contributed by atoms with van der Waals surface area (Å²) in [5.74, 6) is 0. The number of aliphatic hydroxyl groups is 1. The van der Waals surface area contributed by atoms with Gasteiger partial charge in [0.1, 0.15) is 0 Å². The molecule has 0 saturated carbocycles. The SMILES string of the molecule is C=CC(C)(C)[C@H](C)O. The van der Waals surface area contributed by atoms with Gasteiger partial charge >= 0.3 is 0 Å². The molecule has 0 rings (SSSR count). The Morgan fingerprint density at radius 1 is 1.62 bits per heavy atom. The first-order valence-corrected chi connectivity index (χ1v) is 2.82. The van der Waals surface area contributed by atoms with Gasteiger partial charge in [0.05, 0.1) is 6.10 Å². The Morgan fingerprint density at radius 2 is 2.00 bits per heavy atom. The third-order valence-electron chi connectivity index (χ3n) is 1.60. The van der Waals surface area contributed by atoms with E-state index in [1.54, 1.807) is 13.0 Å². The van der Waals surface area contributed by atoms with Crippen LogP contribution in [-0.4, -0.2) is 11.2 Å². The van der Waals surface area contributed by atoms with E-state index in [0.29, 0.717) is 0 Å². The van der Waals surface area contributed by atoms with Gasteiger partial charge < -0.3 is 5.11 Å². The minimum Gasteiger partial charge on any atom is -0.393 e. The molecule has 0 aliphatic heterocycles. The fourth-order valence-corrected chi connectivity index (χ4v) is 0.171. The van der Waals surface area contributed by atoms with E-state index >= 15 is 0 Å². The average Bonchev–Trinajstić information content (AvgIpc) is 1.67. The second-order valence-electron chi connectivity index (χ2n) is 2.70. The first-order chi connectivity index (χ1) is 3.50. The Bertz CT molecular complexity index is 82.4. The summed E-state index contributed by atoms with van der Waals surface area (Å²) >= 11 is 0. The molecular formula is C7H14O. The van der Waals surface area contributed by atoms with Crippen molar-refractivity contribution < 1.29 is 5.11 Å². The molecule has 0 radical (unpaired) electrons. The summed E-state index contributed by atoms with van der Waals surface area (Å²) in [4.78, 5) is 0. The van der Waals surface area contributed by atoms with Crippen LogP contribution in [0.2, 0.25) is 0 Å². The first kappa shape index (κ1) is 7.70. The Hall–Kier alpha value is -0.300. The molecule has 0 aromatic rings. The lowest BCUT2D eigenvalue weighted by Crippen LogP contribution is -2.23. The Balaban J connectivity index is 3.90. The molecule has 48 valence electrons. The molecule has 0 aromatic carbocycles. The minimum absolute atomic E-state index is 0.139. The monoisotopic (exact) mass is 114 g/mol. The number of rotatable bonds is 2. The fourth-order valence-electron chi connectivity index (χ4n) is 0.171.